The molecule has 0 fully saturated rings. The number of nitrogens with zero attached hydrogens (tertiary/aromatic N) is 1. The van der Waals surface area contributed by atoms with E-state index in [0.29, 0.717) is 16.8 Å². The molecule has 0 atom stereocenters. The molecule has 0 amide bonds. The number of nitrogens with one attached hydrogen (secondary N) is 1. The van der Waals surface area contributed by atoms with E-state index >= 15 is 0 Å². The Morgan fingerprint density at radius 1 is 0.933 bits per heavy atom. The van der Waals surface area contributed by atoms with Crippen molar-refractivity contribution in [1.82, 2.24) is 9.97 Å². The number of ketones is 1. The Labute approximate surface area is 168 Å². The summed E-state index contributed by atoms with van der Waals surface area (Å²) in [5, 5.41) is 0. The Morgan fingerprint density at radius 3 is 2.07 bits per heavy atom. The van der Waals surface area contributed by atoms with E-state index < -0.39 is 40.2 Å². The SMILES string of the molecule is CC(=O)c1cc(C)cc2[nH]c(-c3c(F)c(F)c(-c4ccc(N)cc4)c(F)c3F)nc12. The fourth-order valence-electron chi connectivity index (χ4n) is 3.39. The Bertz CT molecular complexity index is 1300. The molecule has 4 nitrogen and oxygen atoms in total. The summed E-state index contributed by atoms with van der Waals surface area (Å²) in [6.45, 7) is 3.05. The van der Waals surface area contributed by atoms with E-state index in [1.54, 1.807) is 19.1 Å². The van der Waals surface area contributed by atoms with Gasteiger partial charge in [-0.2, -0.15) is 0 Å². The summed E-state index contributed by atoms with van der Waals surface area (Å²) < 4.78 is 59.4. The molecule has 0 bridgehead atoms. The Kier molecular flexibility index (Phi) is 4.57. The van der Waals surface area contributed by atoms with Gasteiger partial charge in [0.05, 0.1) is 22.2 Å². The van der Waals surface area contributed by atoms with Crippen molar-refractivity contribution >= 4 is 22.5 Å². The zero-order chi connectivity index (χ0) is 21.7. The van der Waals surface area contributed by atoms with Crippen LogP contribution in [0, 0.1) is 30.2 Å². The average molecular weight is 413 g/mol. The Morgan fingerprint density at radius 2 is 1.50 bits per heavy atom. The number of nitrogens with two attached hydrogens (primary N) is 1. The number of aryl methyl sites for hydroxylation is 1. The van der Waals surface area contributed by atoms with Crippen molar-refractivity contribution in [3.05, 3.63) is 70.8 Å². The molecule has 1 heterocycles. The average Bonchev–Trinajstić information content (AvgIpc) is 3.10. The molecule has 30 heavy (non-hydrogen) atoms. The number of benzene rings is 3. The van der Waals surface area contributed by atoms with Crippen LogP contribution >= 0.6 is 0 Å². The molecular weight excluding hydrogens is 398 g/mol. The third-order valence-electron chi connectivity index (χ3n) is 4.81. The van der Waals surface area contributed by atoms with Crippen LogP contribution in [-0.4, -0.2) is 15.8 Å². The second-order valence-electron chi connectivity index (χ2n) is 6.98. The first kappa shape index (κ1) is 19.6. The summed E-state index contributed by atoms with van der Waals surface area (Å²) in [5.74, 6) is -7.04. The lowest BCUT2D eigenvalue weighted by atomic mass is 10.0. The van der Waals surface area contributed by atoms with E-state index in [1.165, 1.54) is 31.2 Å². The van der Waals surface area contributed by atoms with Crippen LogP contribution in [0.1, 0.15) is 22.8 Å². The number of hydrogen-bond donors (Lipinski definition) is 2. The largest absolute Gasteiger partial charge is 0.399 e. The van der Waals surface area contributed by atoms with Gasteiger partial charge in [0.2, 0.25) is 0 Å². The number of aromatic amines is 1. The summed E-state index contributed by atoms with van der Waals surface area (Å²) in [5.41, 5.74) is 5.40. The van der Waals surface area contributed by atoms with Gasteiger partial charge in [0.15, 0.2) is 29.1 Å². The third kappa shape index (κ3) is 3.01. The van der Waals surface area contributed by atoms with Gasteiger partial charge in [-0.05, 0) is 49.2 Å². The van der Waals surface area contributed by atoms with Crippen LogP contribution in [0.3, 0.4) is 0 Å². The summed E-state index contributed by atoms with van der Waals surface area (Å²) in [7, 11) is 0. The molecule has 0 aliphatic carbocycles. The summed E-state index contributed by atoms with van der Waals surface area (Å²) in [6.07, 6.45) is 0. The predicted molar refractivity (Wildman–Crippen MR) is 106 cm³/mol. The minimum Gasteiger partial charge on any atom is -0.399 e. The number of nitrogen functional groups attached to an aromatic ring is 1. The number of H-pyrrole nitrogens is 1. The molecule has 0 aliphatic heterocycles. The predicted octanol–water partition coefficient (Wildman–Crippen LogP) is 5.55. The van der Waals surface area contributed by atoms with Gasteiger partial charge < -0.3 is 10.7 Å². The highest BCUT2D eigenvalue weighted by atomic mass is 19.2. The van der Waals surface area contributed by atoms with E-state index in [0.717, 1.165) is 0 Å². The minimum atomic E-state index is -1.60. The molecule has 3 N–H and O–H groups in total. The van der Waals surface area contributed by atoms with Crippen molar-refractivity contribution in [2.24, 2.45) is 0 Å². The van der Waals surface area contributed by atoms with Crippen LogP contribution < -0.4 is 5.73 Å². The fraction of sp³-hybridized carbons (Fsp3) is 0.0909. The monoisotopic (exact) mass is 413 g/mol. The maximum absolute atomic E-state index is 14.9. The first-order valence-electron chi connectivity index (χ1n) is 8.92. The first-order chi connectivity index (χ1) is 14.2. The number of carbonyl (C=O) groups excluding carboxylic acids is 1. The summed E-state index contributed by atoms with van der Waals surface area (Å²) in [4.78, 5) is 18.6. The molecule has 0 saturated heterocycles. The molecule has 152 valence electrons. The first-order valence-corrected chi connectivity index (χ1v) is 8.92. The van der Waals surface area contributed by atoms with Gasteiger partial charge in [-0.25, -0.2) is 22.5 Å². The summed E-state index contributed by atoms with van der Waals surface area (Å²) in [6, 6.07) is 8.44. The quantitative estimate of drug-likeness (QED) is 0.200. The molecule has 0 spiro atoms. The number of halogens is 4. The number of fused-ring (bicyclic) bond motifs is 1. The standard InChI is InChI=1S/C22H15F4N3O/c1-9-7-13(10(2)30)21-14(8-9)28-22(29-21)16-19(25)17(23)15(18(24)20(16)26)11-3-5-12(27)6-4-11/h3-8H,27H2,1-2H3,(H,28,29). The highest BCUT2D eigenvalue weighted by Crippen LogP contribution is 2.37. The van der Waals surface area contributed by atoms with Crippen LogP contribution in [0.15, 0.2) is 36.4 Å². The lowest BCUT2D eigenvalue weighted by Crippen LogP contribution is -2.04. The van der Waals surface area contributed by atoms with E-state index in [9.17, 15) is 22.4 Å². The van der Waals surface area contributed by atoms with Gasteiger partial charge in [0.25, 0.3) is 0 Å². The second-order valence-corrected chi connectivity index (χ2v) is 6.98. The van der Waals surface area contributed by atoms with Crippen molar-refractivity contribution in [2.45, 2.75) is 13.8 Å². The molecule has 8 heteroatoms. The highest BCUT2D eigenvalue weighted by molar-refractivity contribution is 6.05. The van der Waals surface area contributed by atoms with Crippen molar-refractivity contribution in [3.8, 4) is 22.5 Å². The molecule has 1 aromatic heterocycles. The molecular formula is C22H15F4N3O. The van der Waals surface area contributed by atoms with Crippen molar-refractivity contribution in [3.63, 3.8) is 0 Å². The van der Waals surface area contributed by atoms with Crippen LogP contribution in [0.2, 0.25) is 0 Å². The van der Waals surface area contributed by atoms with Gasteiger partial charge in [0.1, 0.15) is 5.82 Å². The number of Topliss-reactive ketones (excluding diaryl/α,β-unsaturated/α-hetero) is 1. The molecule has 3 aromatic carbocycles. The number of carbonyl (C=O) groups is 1. The normalized spacial score (nSPS) is 11.3. The maximum atomic E-state index is 14.9. The lowest BCUT2D eigenvalue weighted by Gasteiger charge is -2.11. The number of hydrogen-bond acceptors (Lipinski definition) is 3. The minimum absolute atomic E-state index is 0.0670. The van der Waals surface area contributed by atoms with Crippen molar-refractivity contribution in [2.75, 3.05) is 5.73 Å². The topological polar surface area (TPSA) is 71.8 Å². The van der Waals surface area contributed by atoms with Gasteiger partial charge in [-0.3, -0.25) is 4.79 Å². The number of imidazole rings is 1. The van der Waals surface area contributed by atoms with Crippen LogP contribution in [0.25, 0.3) is 33.5 Å². The van der Waals surface area contributed by atoms with Crippen molar-refractivity contribution < 1.29 is 22.4 Å². The van der Waals surface area contributed by atoms with E-state index in [1.807, 2.05) is 0 Å². The molecule has 0 saturated carbocycles. The molecule has 0 unspecified atom stereocenters. The van der Waals surface area contributed by atoms with E-state index in [4.69, 9.17) is 5.73 Å². The lowest BCUT2D eigenvalue weighted by molar-refractivity contribution is 0.101. The van der Waals surface area contributed by atoms with Gasteiger partial charge in [-0.15, -0.1) is 0 Å². The maximum Gasteiger partial charge on any atom is 0.173 e. The fourth-order valence-corrected chi connectivity index (χ4v) is 3.39. The van der Waals surface area contributed by atoms with Gasteiger partial charge >= 0.3 is 0 Å². The third-order valence-corrected chi connectivity index (χ3v) is 4.81. The molecule has 0 aliphatic rings. The summed E-state index contributed by atoms with van der Waals surface area (Å²) >= 11 is 0. The van der Waals surface area contributed by atoms with E-state index in [-0.39, 0.29) is 22.4 Å². The van der Waals surface area contributed by atoms with E-state index in [2.05, 4.69) is 9.97 Å². The highest BCUT2D eigenvalue weighted by Gasteiger charge is 2.29. The molecule has 0 radical (unpaired) electrons. The Hall–Kier alpha value is -3.68. The zero-order valence-corrected chi connectivity index (χ0v) is 15.9. The number of rotatable bonds is 3. The van der Waals surface area contributed by atoms with Crippen LogP contribution in [0.4, 0.5) is 23.2 Å². The smallest absolute Gasteiger partial charge is 0.173 e. The van der Waals surface area contributed by atoms with Crippen LogP contribution in [0.5, 0.6) is 0 Å². The van der Waals surface area contributed by atoms with Gasteiger partial charge in [0, 0.05) is 11.3 Å². The molecule has 4 rings (SSSR count). The second kappa shape index (κ2) is 6.98. The zero-order valence-electron chi connectivity index (χ0n) is 15.9. The van der Waals surface area contributed by atoms with Crippen molar-refractivity contribution in [1.29, 1.82) is 0 Å². The number of aromatic nitrogens is 2. The van der Waals surface area contributed by atoms with Gasteiger partial charge in [-0.1, -0.05) is 12.1 Å². The molecule has 4 aromatic rings. The number of anilines is 1. The Balaban J connectivity index is 1.98. The van der Waals surface area contributed by atoms with Crippen LogP contribution in [-0.2, 0) is 0 Å².